The number of allylic oxidation sites excluding steroid dienone is 2. The maximum Gasteiger partial charge on any atom is 0.371 e. The van der Waals surface area contributed by atoms with Crippen molar-refractivity contribution in [3.8, 4) is 11.1 Å². The first-order chi connectivity index (χ1) is 13.0. The Morgan fingerprint density at radius 1 is 1.15 bits per heavy atom. The van der Waals surface area contributed by atoms with Crippen molar-refractivity contribution in [2.45, 2.75) is 33.7 Å². The maximum atomic E-state index is 11.9. The Balaban J connectivity index is 2.15. The van der Waals surface area contributed by atoms with Crippen LogP contribution in [0.2, 0.25) is 0 Å². The van der Waals surface area contributed by atoms with E-state index in [4.69, 9.17) is 0 Å². The molecule has 0 radical (unpaired) electrons. The zero-order valence-electron chi connectivity index (χ0n) is 16.3. The molecule has 5 nitrogen and oxygen atoms in total. The van der Waals surface area contributed by atoms with Gasteiger partial charge in [0, 0.05) is 24.4 Å². The first kappa shape index (κ1) is 18.7. The predicted octanol–water partition coefficient (Wildman–Crippen LogP) is 4.61. The number of rotatable bonds is 5. The molecule has 0 unspecified atom stereocenters. The molecule has 1 aliphatic rings. The molecule has 1 aromatic carbocycles. The minimum Gasteiger partial charge on any atom is -0.612 e. The summed E-state index contributed by atoms with van der Waals surface area (Å²) in [6.07, 6.45) is 7.26. The van der Waals surface area contributed by atoms with Crippen LogP contribution in [0.25, 0.3) is 17.2 Å². The quantitative estimate of drug-likeness (QED) is 0.337. The van der Waals surface area contributed by atoms with Crippen molar-refractivity contribution in [2.75, 3.05) is 13.1 Å². The predicted molar refractivity (Wildman–Crippen MR) is 110 cm³/mol. The van der Waals surface area contributed by atoms with Crippen molar-refractivity contribution in [1.29, 1.82) is 0 Å². The third-order valence-corrected chi connectivity index (χ3v) is 5.00. The van der Waals surface area contributed by atoms with Crippen molar-refractivity contribution < 1.29 is 4.90 Å². The second-order valence-corrected chi connectivity index (χ2v) is 6.77. The Kier molecular flexibility index (Phi) is 5.33. The second kappa shape index (κ2) is 7.68. The van der Waals surface area contributed by atoms with E-state index < -0.39 is 6.04 Å². The molecule has 0 saturated heterocycles. The van der Waals surface area contributed by atoms with Crippen molar-refractivity contribution in [3.63, 3.8) is 0 Å². The minimum absolute atomic E-state index is 0.217. The molecule has 1 aliphatic heterocycles. The Hall–Kier alpha value is -3.04. The largest absolute Gasteiger partial charge is 0.612 e. The van der Waals surface area contributed by atoms with Gasteiger partial charge in [0.2, 0.25) is 11.3 Å². The van der Waals surface area contributed by atoms with Gasteiger partial charge >= 0.3 is 6.20 Å². The molecule has 140 valence electrons. The van der Waals surface area contributed by atoms with Crippen molar-refractivity contribution in [2.24, 2.45) is 0 Å². The summed E-state index contributed by atoms with van der Waals surface area (Å²) in [5, 5.41) is 23.7. The fourth-order valence-corrected chi connectivity index (χ4v) is 3.62. The van der Waals surface area contributed by atoms with E-state index in [0.29, 0.717) is 5.57 Å². The average Bonchev–Trinajstić information content (AvgIpc) is 3.08. The van der Waals surface area contributed by atoms with Crippen LogP contribution in [-0.2, 0) is 0 Å². The lowest BCUT2D eigenvalue weighted by Crippen LogP contribution is -2.31. The Labute approximate surface area is 160 Å². The molecule has 1 atom stereocenters. The fourth-order valence-electron chi connectivity index (χ4n) is 3.62. The van der Waals surface area contributed by atoms with Gasteiger partial charge in [-0.1, -0.05) is 30.3 Å². The maximum absolute atomic E-state index is 11.9. The smallest absolute Gasteiger partial charge is 0.371 e. The summed E-state index contributed by atoms with van der Waals surface area (Å²) in [5.74, 6) is 0. The van der Waals surface area contributed by atoms with Crippen LogP contribution in [0.15, 0.2) is 53.7 Å². The lowest BCUT2D eigenvalue weighted by Gasteiger charge is -2.24. The van der Waals surface area contributed by atoms with Crippen LogP contribution in [0.5, 0.6) is 0 Å². The highest BCUT2D eigenvalue weighted by Crippen LogP contribution is 2.34. The zero-order valence-corrected chi connectivity index (χ0v) is 16.3. The third-order valence-electron chi connectivity index (χ3n) is 5.00. The second-order valence-electron chi connectivity index (χ2n) is 6.77. The summed E-state index contributed by atoms with van der Waals surface area (Å²) in [7, 11) is 0. The first-order valence-electron chi connectivity index (χ1n) is 9.28. The Morgan fingerprint density at radius 3 is 2.41 bits per heavy atom. The summed E-state index contributed by atoms with van der Waals surface area (Å²) in [6, 6.07) is 11.7. The fraction of sp³-hybridized carbons (Fsp3) is 0.318. The van der Waals surface area contributed by atoms with E-state index in [-0.39, 0.29) is 10.6 Å². The van der Waals surface area contributed by atoms with Crippen LogP contribution in [0.3, 0.4) is 0 Å². The highest BCUT2D eigenvalue weighted by atomic mass is 16.8. The molecule has 5 heteroatoms. The lowest BCUT2D eigenvalue weighted by atomic mass is 9.94. The average molecular weight is 363 g/mol. The van der Waals surface area contributed by atoms with Gasteiger partial charge in [0.1, 0.15) is 0 Å². The number of hydrogen-bond acceptors (Lipinski definition) is 3. The monoisotopic (exact) mass is 363 g/mol. The van der Waals surface area contributed by atoms with Gasteiger partial charge in [0.15, 0.2) is 6.04 Å². The minimum atomic E-state index is -0.460. The van der Waals surface area contributed by atoms with Gasteiger partial charge < -0.3 is 15.0 Å². The van der Waals surface area contributed by atoms with E-state index in [0.717, 1.165) is 35.5 Å². The van der Waals surface area contributed by atoms with Gasteiger partial charge in [-0.15, -0.1) is 0 Å². The molecule has 2 heterocycles. The van der Waals surface area contributed by atoms with Gasteiger partial charge in [-0.25, -0.2) is 0 Å². The van der Waals surface area contributed by atoms with Gasteiger partial charge in [-0.3, -0.25) is 0 Å². The lowest BCUT2D eigenvalue weighted by molar-refractivity contribution is -0.381. The number of nitrogens with zero attached hydrogens (tertiary/aromatic N) is 3. The summed E-state index contributed by atoms with van der Waals surface area (Å²) in [5.41, 5.74) is 4.88. The highest BCUT2D eigenvalue weighted by molar-refractivity contribution is 6.06. The molecule has 0 aliphatic carbocycles. The Morgan fingerprint density at radius 2 is 1.81 bits per heavy atom. The van der Waals surface area contributed by atoms with Crippen LogP contribution in [0.4, 0.5) is 0 Å². The standard InChI is InChI=1S/C22H25N3O2/c1-5-23(6-2)14-17(4)21-22(25(26)27)16(3)12-20-13-19(15-24(20)21)18-10-8-7-9-11-18/h7-13,15,21H,5-6H2,1-4H3/t21-/m0/s1. The molecular weight excluding hydrogens is 338 g/mol. The van der Waals surface area contributed by atoms with Crippen LogP contribution in [0, 0.1) is 16.6 Å². The van der Waals surface area contributed by atoms with Gasteiger partial charge in [-0.05, 0) is 44.0 Å². The number of fused-ring (bicyclic) bond motifs is 1. The van der Waals surface area contributed by atoms with E-state index >= 15 is 0 Å². The molecule has 0 spiro atoms. The molecule has 1 aromatic heterocycles. The summed E-state index contributed by atoms with van der Waals surface area (Å²) in [6.45, 7) is 9.49. The molecule has 3 rings (SSSR count). The van der Waals surface area contributed by atoms with Crippen LogP contribution >= 0.6 is 0 Å². The summed E-state index contributed by atoms with van der Waals surface area (Å²) < 4.78 is 2.00. The molecule has 27 heavy (non-hydrogen) atoms. The van der Waals surface area contributed by atoms with E-state index in [1.807, 2.05) is 53.8 Å². The van der Waals surface area contributed by atoms with Gasteiger partial charge in [-0.2, -0.15) is 9.80 Å². The highest BCUT2D eigenvalue weighted by Gasteiger charge is 2.38. The van der Waals surface area contributed by atoms with Crippen LogP contribution in [0.1, 0.15) is 39.4 Å². The van der Waals surface area contributed by atoms with Crippen LogP contribution in [-0.4, -0.2) is 33.2 Å². The Bertz CT molecular complexity index is 899. The summed E-state index contributed by atoms with van der Waals surface area (Å²) in [4.78, 5) is 1.79. The zero-order chi connectivity index (χ0) is 19.6. The van der Waals surface area contributed by atoms with E-state index in [1.165, 1.54) is 0 Å². The number of hydrogen-bond donors (Lipinski definition) is 0. The molecular formula is C22H25N3O2. The normalized spacial score (nSPS) is 16.4. The van der Waals surface area contributed by atoms with E-state index in [9.17, 15) is 10.4 Å². The van der Waals surface area contributed by atoms with Crippen molar-refractivity contribution in [1.82, 2.24) is 9.47 Å². The topological polar surface area (TPSA) is 57.3 Å². The molecule has 0 amide bonds. The van der Waals surface area contributed by atoms with Gasteiger partial charge in [0.05, 0.1) is 13.1 Å². The van der Waals surface area contributed by atoms with E-state index in [2.05, 4.69) is 38.2 Å². The molecule has 0 fully saturated rings. The molecule has 0 saturated carbocycles. The molecule has 2 aromatic rings. The SMILES string of the molecule is CCN([C+]=C(C)[C@H]1C(=[N+]([O-])[O-])C(C)=Cc2cc(-c3ccccc3)cn21)CC. The first-order valence-corrected chi connectivity index (χ1v) is 9.28. The molecule has 0 N–H and O–H groups in total. The van der Waals surface area contributed by atoms with Crippen LogP contribution < -0.4 is 0 Å². The molecule has 0 bridgehead atoms. The van der Waals surface area contributed by atoms with E-state index in [1.54, 1.807) is 0 Å². The van der Waals surface area contributed by atoms with Crippen molar-refractivity contribution >= 4 is 11.8 Å². The summed E-state index contributed by atoms with van der Waals surface area (Å²) >= 11 is 0. The third kappa shape index (κ3) is 3.60. The van der Waals surface area contributed by atoms with Crippen molar-refractivity contribution in [3.05, 3.63) is 76.0 Å². The number of aromatic nitrogens is 1. The van der Waals surface area contributed by atoms with Gasteiger partial charge in [0.25, 0.3) is 0 Å². The number of benzene rings is 1.